The monoisotopic (exact) mass is 397 g/mol. The van der Waals surface area contributed by atoms with Gasteiger partial charge in [0.2, 0.25) is 0 Å². The molecule has 4 heteroatoms. The van der Waals surface area contributed by atoms with Gasteiger partial charge in [-0.15, -0.1) is 0 Å². The van der Waals surface area contributed by atoms with E-state index in [0.29, 0.717) is 27.4 Å². The first-order chi connectivity index (χ1) is 13.2. The van der Waals surface area contributed by atoms with E-state index in [2.05, 4.69) is 19.2 Å². The van der Waals surface area contributed by atoms with Gasteiger partial charge in [-0.2, -0.15) is 0 Å². The van der Waals surface area contributed by atoms with Crippen LogP contribution in [0.3, 0.4) is 0 Å². The highest BCUT2D eigenvalue weighted by atomic mass is 35.5. The van der Waals surface area contributed by atoms with Crippen LogP contribution in [0.15, 0.2) is 34.7 Å². The standard InChI is InChI=1S/C24H28ClNO2/c1-15-4-5-17(8-18(15)25)19-6-7-20(28-19)21(27)26-24-11-16-9-22(2,13-24)12-23(3,10-16)14-24/h4-8,16H,9-14H2,1-3H3,(H,26,27)/t16?,22-,23-,24?/m0/s1. The van der Waals surface area contributed by atoms with Crippen LogP contribution in [0.5, 0.6) is 0 Å². The highest BCUT2D eigenvalue weighted by Gasteiger charge is 2.60. The van der Waals surface area contributed by atoms with Crippen molar-refractivity contribution in [3.8, 4) is 11.3 Å². The predicted molar refractivity (Wildman–Crippen MR) is 111 cm³/mol. The molecule has 0 unspecified atom stereocenters. The molecular weight excluding hydrogens is 370 g/mol. The van der Waals surface area contributed by atoms with Gasteiger partial charge in [-0.25, -0.2) is 0 Å². The molecule has 3 nitrogen and oxygen atoms in total. The van der Waals surface area contributed by atoms with Gasteiger partial charge in [-0.1, -0.05) is 37.6 Å². The summed E-state index contributed by atoms with van der Waals surface area (Å²) < 4.78 is 5.92. The summed E-state index contributed by atoms with van der Waals surface area (Å²) >= 11 is 6.24. The van der Waals surface area contributed by atoms with Crippen molar-refractivity contribution in [2.24, 2.45) is 16.7 Å². The number of carbonyl (C=O) groups excluding carboxylic acids is 1. The molecule has 0 radical (unpaired) electrons. The van der Waals surface area contributed by atoms with E-state index in [0.717, 1.165) is 36.3 Å². The Bertz CT molecular complexity index is 943. The number of hydrogen-bond acceptors (Lipinski definition) is 2. The molecule has 4 fully saturated rings. The molecule has 6 rings (SSSR count). The van der Waals surface area contributed by atoms with Gasteiger partial charge in [-0.3, -0.25) is 4.79 Å². The molecule has 28 heavy (non-hydrogen) atoms. The fourth-order valence-electron chi connectivity index (χ4n) is 7.25. The lowest BCUT2D eigenvalue weighted by Gasteiger charge is -2.65. The SMILES string of the molecule is Cc1ccc(-c2ccc(C(=O)NC34CC5C[C@](C)(C3)C[C@](C)(C5)C4)o2)cc1Cl. The zero-order valence-corrected chi connectivity index (χ0v) is 17.7. The average Bonchev–Trinajstić information content (AvgIpc) is 3.03. The summed E-state index contributed by atoms with van der Waals surface area (Å²) in [6.07, 6.45) is 7.24. The number of benzene rings is 1. The third-order valence-electron chi connectivity index (χ3n) is 7.29. The first-order valence-electron chi connectivity index (χ1n) is 10.4. The third kappa shape index (κ3) is 2.99. The molecule has 148 valence electrons. The smallest absolute Gasteiger partial charge is 0.287 e. The minimum atomic E-state index is -0.0846. The van der Waals surface area contributed by atoms with E-state index in [1.165, 1.54) is 19.3 Å². The van der Waals surface area contributed by atoms with Crippen LogP contribution in [0.4, 0.5) is 0 Å². The fourth-order valence-corrected chi connectivity index (χ4v) is 7.43. The lowest BCUT2D eigenvalue weighted by atomic mass is 9.43. The summed E-state index contributed by atoms with van der Waals surface area (Å²) in [6.45, 7) is 6.81. The molecule has 0 aliphatic heterocycles. The summed E-state index contributed by atoms with van der Waals surface area (Å²) in [6, 6.07) is 9.47. The summed E-state index contributed by atoms with van der Waals surface area (Å²) in [5, 5.41) is 4.12. The van der Waals surface area contributed by atoms with Gasteiger partial charge < -0.3 is 9.73 Å². The van der Waals surface area contributed by atoms with E-state index in [4.69, 9.17) is 16.0 Å². The van der Waals surface area contributed by atoms with Gasteiger partial charge in [0.25, 0.3) is 5.91 Å². The van der Waals surface area contributed by atoms with Gasteiger partial charge in [0.05, 0.1) is 0 Å². The summed E-state index contributed by atoms with van der Waals surface area (Å²) in [5.74, 6) is 1.72. The first kappa shape index (κ1) is 18.3. The lowest BCUT2D eigenvalue weighted by molar-refractivity contribution is -0.114. The van der Waals surface area contributed by atoms with Crippen LogP contribution < -0.4 is 5.32 Å². The van der Waals surface area contributed by atoms with Gasteiger partial charge in [0, 0.05) is 16.1 Å². The number of nitrogens with one attached hydrogen (secondary N) is 1. The average molecular weight is 398 g/mol. The van der Waals surface area contributed by atoms with Crippen molar-refractivity contribution >= 4 is 17.5 Å². The molecule has 1 aromatic heterocycles. The van der Waals surface area contributed by atoms with E-state index < -0.39 is 0 Å². The van der Waals surface area contributed by atoms with Crippen LogP contribution in [0.1, 0.15) is 68.5 Å². The molecular formula is C24H28ClNO2. The molecule has 1 N–H and O–H groups in total. The fraction of sp³-hybridized carbons (Fsp3) is 0.542. The second-order valence-corrected chi connectivity index (χ2v) is 10.9. The Balaban J connectivity index is 1.38. The van der Waals surface area contributed by atoms with Gasteiger partial charge in [0.15, 0.2) is 5.76 Å². The topological polar surface area (TPSA) is 42.2 Å². The maximum Gasteiger partial charge on any atom is 0.287 e. The molecule has 4 saturated carbocycles. The lowest BCUT2D eigenvalue weighted by Crippen LogP contribution is -2.65. The highest BCUT2D eigenvalue weighted by Crippen LogP contribution is 2.66. The number of halogens is 1. The largest absolute Gasteiger partial charge is 0.451 e. The number of furan rings is 1. The number of carbonyl (C=O) groups is 1. The Kier molecular flexibility index (Phi) is 3.85. The van der Waals surface area contributed by atoms with E-state index in [9.17, 15) is 4.79 Å². The molecule has 4 aliphatic rings. The van der Waals surface area contributed by atoms with E-state index >= 15 is 0 Å². The van der Waals surface area contributed by atoms with E-state index in [1.807, 2.05) is 31.2 Å². The van der Waals surface area contributed by atoms with E-state index in [-0.39, 0.29) is 11.4 Å². The zero-order chi connectivity index (χ0) is 19.7. The van der Waals surface area contributed by atoms with Crippen LogP contribution in [-0.4, -0.2) is 11.4 Å². The Hall–Kier alpha value is -1.74. The minimum absolute atomic E-state index is 0.0693. The Morgan fingerprint density at radius 2 is 1.79 bits per heavy atom. The summed E-state index contributed by atoms with van der Waals surface area (Å²) in [5.41, 5.74) is 2.59. The first-order valence-corrected chi connectivity index (χ1v) is 10.7. The normalized spacial score (nSPS) is 35.9. The van der Waals surface area contributed by atoms with Crippen molar-refractivity contribution in [3.05, 3.63) is 46.7 Å². The van der Waals surface area contributed by atoms with Crippen molar-refractivity contribution in [2.45, 2.75) is 64.8 Å². The van der Waals surface area contributed by atoms with Crippen molar-refractivity contribution in [1.29, 1.82) is 0 Å². The molecule has 0 spiro atoms. The van der Waals surface area contributed by atoms with Crippen LogP contribution >= 0.6 is 11.6 Å². The predicted octanol–water partition coefficient (Wildman–Crippen LogP) is 6.39. The van der Waals surface area contributed by atoms with Crippen LogP contribution in [-0.2, 0) is 0 Å². The number of amides is 1. The maximum atomic E-state index is 13.1. The second-order valence-electron chi connectivity index (χ2n) is 10.5. The Morgan fingerprint density at radius 3 is 2.43 bits per heavy atom. The highest BCUT2D eigenvalue weighted by molar-refractivity contribution is 6.31. The van der Waals surface area contributed by atoms with Gasteiger partial charge >= 0.3 is 0 Å². The van der Waals surface area contributed by atoms with Crippen molar-refractivity contribution in [1.82, 2.24) is 5.32 Å². The molecule has 0 saturated heterocycles. The number of hydrogen-bond donors (Lipinski definition) is 1. The van der Waals surface area contributed by atoms with Crippen LogP contribution in [0, 0.1) is 23.7 Å². The summed E-state index contributed by atoms with van der Waals surface area (Å²) in [7, 11) is 0. The molecule has 4 bridgehead atoms. The minimum Gasteiger partial charge on any atom is -0.451 e. The van der Waals surface area contributed by atoms with Crippen molar-refractivity contribution in [2.75, 3.05) is 0 Å². The molecule has 4 aliphatic carbocycles. The molecule has 2 aromatic rings. The second kappa shape index (κ2) is 5.89. The quantitative estimate of drug-likeness (QED) is 0.652. The Morgan fingerprint density at radius 1 is 1.07 bits per heavy atom. The molecule has 2 atom stereocenters. The molecule has 1 heterocycles. The third-order valence-corrected chi connectivity index (χ3v) is 7.70. The van der Waals surface area contributed by atoms with Crippen molar-refractivity contribution in [3.63, 3.8) is 0 Å². The van der Waals surface area contributed by atoms with Gasteiger partial charge in [0.1, 0.15) is 5.76 Å². The number of rotatable bonds is 3. The molecule has 1 amide bonds. The Labute approximate surface area is 171 Å². The van der Waals surface area contributed by atoms with Crippen LogP contribution in [0.2, 0.25) is 5.02 Å². The zero-order valence-electron chi connectivity index (χ0n) is 16.9. The summed E-state index contributed by atoms with van der Waals surface area (Å²) in [4.78, 5) is 13.1. The van der Waals surface area contributed by atoms with E-state index in [1.54, 1.807) is 6.07 Å². The maximum absolute atomic E-state index is 13.1. The van der Waals surface area contributed by atoms with Crippen LogP contribution in [0.25, 0.3) is 11.3 Å². The van der Waals surface area contributed by atoms with Gasteiger partial charge in [-0.05, 0) is 86.0 Å². The van der Waals surface area contributed by atoms with Crippen molar-refractivity contribution < 1.29 is 9.21 Å². The molecule has 1 aromatic carbocycles. The number of aryl methyl sites for hydroxylation is 1.